The molecule has 0 aromatic heterocycles. The molecular formula is C16H21ClN2O2. The highest BCUT2D eigenvalue weighted by Crippen LogP contribution is 2.29. The number of carbonyl (C=O) groups excluding carboxylic acids is 1. The van der Waals surface area contributed by atoms with E-state index in [1.165, 1.54) is 0 Å². The van der Waals surface area contributed by atoms with Crippen LogP contribution in [-0.4, -0.2) is 42.6 Å². The summed E-state index contributed by atoms with van der Waals surface area (Å²) in [6.45, 7) is 3.90. The molecule has 2 unspecified atom stereocenters. The fraction of sp³-hybridized carbons (Fsp3) is 0.562. The molecule has 1 N–H and O–H groups in total. The third-order valence-electron chi connectivity index (χ3n) is 4.51. The van der Waals surface area contributed by atoms with Crippen LogP contribution in [-0.2, 0) is 4.79 Å². The van der Waals surface area contributed by atoms with Crippen molar-refractivity contribution in [3.8, 4) is 5.75 Å². The maximum Gasteiger partial charge on any atom is 0.261 e. The molecule has 2 bridgehead atoms. The number of carbonyl (C=O) groups is 1. The van der Waals surface area contributed by atoms with Crippen molar-refractivity contribution in [1.29, 1.82) is 0 Å². The Morgan fingerprint density at radius 1 is 1.38 bits per heavy atom. The highest BCUT2D eigenvalue weighted by Gasteiger charge is 2.37. The largest absolute Gasteiger partial charge is 0.483 e. The van der Waals surface area contributed by atoms with Crippen molar-refractivity contribution in [2.75, 3.05) is 19.7 Å². The SMILES string of the molecule is Cc1c(Cl)cccc1OCC(=O)N1C2CCNCC1CC2. The molecule has 1 amide bonds. The Morgan fingerprint density at radius 2 is 2.19 bits per heavy atom. The summed E-state index contributed by atoms with van der Waals surface area (Å²) >= 11 is 6.07. The number of nitrogens with one attached hydrogen (secondary N) is 1. The topological polar surface area (TPSA) is 41.6 Å². The number of amides is 1. The second kappa shape index (κ2) is 6.24. The molecule has 2 aliphatic rings. The van der Waals surface area contributed by atoms with Gasteiger partial charge in [0.25, 0.3) is 5.91 Å². The van der Waals surface area contributed by atoms with E-state index in [1.54, 1.807) is 0 Å². The smallest absolute Gasteiger partial charge is 0.261 e. The van der Waals surface area contributed by atoms with Crippen LogP contribution in [0.2, 0.25) is 5.02 Å². The lowest BCUT2D eigenvalue weighted by Gasteiger charge is -2.28. The molecule has 21 heavy (non-hydrogen) atoms. The van der Waals surface area contributed by atoms with Crippen LogP contribution in [0.25, 0.3) is 0 Å². The summed E-state index contributed by atoms with van der Waals surface area (Å²) in [4.78, 5) is 14.6. The molecule has 114 valence electrons. The van der Waals surface area contributed by atoms with E-state index in [4.69, 9.17) is 16.3 Å². The molecule has 4 nitrogen and oxygen atoms in total. The van der Waals surface area contributed by atoms with Crippen LogP contribution in [0.1, 0.15) is 24.8 Å². The van der Waals surface area contributed by atoms with E-state index < -0.39 is 0 Å². The van der Waals surface area contributed by atoms with Crippen molar-refractivity contribution in [3.63, 3.8) is 0 Å². The molecule has 5 heteroatoms. The number of halogens is 1. The van der Waals surface area contributed by atoms with Gasteiger partial charge in [-0.25, -0.2) is 0 Å². The normalized spacial score (nSPS) is 24.8. The first-order valence-electron chi connectivity index (χ1n) is 7.56. The van der Waals surface area contributed by atoms with Crippen LogP contribution in [0.15, 0.2) is 18.2 Å². The molecule has 0 radical (unpaired) electrons. The van der Waals surface area contributed by atoms with E-state index in [0.29, 0.717) is 22.9 Å². The first kappa shape index (κ1) is 14.7. The average molecular weight is 309 g/mol. The summed E-state index contributed by atoms with van der Waals surface area (Å²) in [5.74, 6) is 0.779. The molecule has 2 atom stereocenters. The number of benzene rings is 1. The van der Waals surface area contributed by atoms with E-state index in [-0.39, 0.29) is 12.5 Å². The summed E-state index contributed by atoms with van der Waals surface area (Å²) in [7, 11) is 0. The lowest BCUT2D eigenvalue weighted by molar-refractivity contribution is -0.136. The van der Waals surface area contributed by atoms with Gasteiger partial charge in [-0.2, -0.15) is 0 Å². The molecule has 2 fully saturated rings. The van der Waals surface area contributed by atoms with Crippen LogP contribution in [0, 0.1) is 6.92 Å². The molecule has 0 spiro atoms. The third kappa shape index (κ3) is 3.01. The van der Waals surface area contributed by atoms with Crippen molar-refractivity contribution >= 4 is 17.5 Å². The standard InChI is InChI=1S/C16H21ClN2O2/c1-11-14(17)3-2-4-15(11)21-10-16(20)19-12-5-6-13(19)9-18-8-7-12/h2-4,12-13,18H,5-10H2,1H3. The highest BCUT2D eigenvalue weighted by atomic mass is 35.5. The van der Waals surface area contributed by atoms with Crippen molar-refractivity contribution < 1.29 is 9.53 Å². The second-order valence-electron chi connectivity index (χ2n) is 5.83. The summed E-state index contributed by atoms with van der Waals surface area (Å²) in [6, 6.07) is 6.23. The Hall–Kier alpha value is -1.26. The van der Waals surface area contributed by atoms with Crippen LogP contribution in [0.5, 0.6) is 5.75 Å². The molecule has 2 saturated heterocycles. The first-order chi connectivity index (χ1) is 10.2. The van der Waals surface area contributed by atoms with Gasteiger partial charge in [0.2, 0.25) is 0 Å². The van der Waals surface area contributed by atoms with Gasteiger partial charge < -0.3 is 15.0 Å². The van der Waals surface area contributed by atoms with Gasteiger partial charge in [-0.3, -0.25) is 4.79 Å². The molecule has 0 saturated carbocycles. The van der Waals surface area contributed by atoms with Crippen LogP contribution >= 0.6 is 11.6 Å². The van der Waals surface area contributed by atoms with E-state index in [1.807, 2.05) is 30.0 Å². The Labute approximate surface area is 130 Å². The molecule has 1 aromatic rings. The van der Waals surface area contributed by atoms with E-state index >= 15 is 0 Å². The molecule has 1 aromatic carbocycles. The number of hydrogen-bond donors (Lipinski definition) is 1. The molecule has 0 aliphatic carbocycles. The van der Waals surface area contributed by atoms with Crippen LogP contribution < -0.4 is 10.1 Å². The summed E-state index contributed by atoms with van der Waals surface area (Å²) in [5, 5.41) is 4.07. The van der Waals surface area contributed by atoms with Gasteiger partial charge in [0, 0.05) is 29.2 Å². The van der Waals surface area contributed by atoms with Gasteiger partial charge in [-0.1, -0.05) is 17.7 Å². The number of hydrogen-bond acceptors (Lipinski definition) is 3. The quantitative estimate of drug-likeness (QED) is 0.932. The predicted molar refractivity (Wildman–Crippen MR) is 82.8 cm³/mol. The maximum atomic E-state index is 12.5. The van der Waals surface area contributed by atoms with Gasteiger partial charge in [0.1, 0.15) is 5.75 Å². The monoisotopic (exact) mass is 308 g/mol. The minimum Gasteiger partial charge on any atom is -0.483 e. The fourth-order valence-electron chi connectivity index (χ4n) is 3.35. The Morgan fingerprint density at radius 3 is 3.05 bits per heavy atom. The number of ether oxygens (including phenoxy) is 1. The van der Waals surface area contributed by atoms with Gasteiger partial charge in [0.15, 0.2) is 6.61 Å². The van der Waals surface area contributed by atoms with Crippen molar-refractivity contribution in [2.24, 2.45) is 0 Å². The van der Waals surface area contributed by atoms with E-state index in [0.717, 1.165) is 37.9 Å². The Kier molecular flexibility index (Phi) is 4.36. The zero-order valence-corrected chi connectivity index (χ0v) is 13.0. The lowest BCUT2D eigenvalue weighted by Crippen LogP contribution is -2.44. The minimum absolute atomic E-state index is 0.0885. The summed E-state index contributed by atoms with van der Waals surface area (Å²) < 4.78 is 5.70. The predicted octanol–water partition coefficient (Wildman–Crippen LogP) is 2.38. The number of nitrogens with zero attached hydrogens (tertiary/aromatic N) is 1. The van der Waals surface area contributed by atoms with Gasteiger partial charge >= 0.3 is 0 Å². The molecule has 3 rings (SSSR count). The minimum atomic E-state index is 0.0885. The van der Waals surface area contributed by atoms with Crippen molar-refractivity contribution in [3.05, 3.63) is 28.8 Å². The van der Waals surface area contributed by atoms with Gasteiger partial charge in [0.05, 0.1) is 0 Å². The van der Waals surface area contributed by atoms with Crippen molar-refractivity contribution in [2.45, 2.75) is 38.3 Å². The molecular weight excluding hydrogens is 288 g/mol. The first-order valence-corrected chi connectivity index (χ1v) is 7.94. The van der Waals surface area contributed by atoms with E-state index in [9.17, 15) is 4.79 Å². The molecule has 2 aliphatic heterocycles. The van der Waals surface area contributed by atoms with Gasteiger partial charge in [-0.05, 0) is 44.9 Å². The molecule has 2 heterocycles. The highest BCUT2D eigenvalue weighted by molar-refractivity contribution is 6.31. The number of fused-ring (bicyclic) bond motifs is 2. The zero-order chi connectivity index (χ0) is 14.8. The Bertz CT molecular complexity index is 521. The Balaban J connectivity index is 1.65. The van der Waals surface area contributed by atoms with Gasteiger partial charge in [-0.15, -0.1) is 0 Å². The maximum absolute atomic E-state index is 12.5. The van der Waals surface area contributed by atoms with E-state index in [2.05, 4.69) is 5.32 Å². The summed E-state index contributed by atoms with van der Waals surface area (Å²) in [6.07, 6.45) is 3.26. The fourth-order valence-corrected chi connectivity index (χ4v) is 3.51. The lowest BCUT2D eigenvalue weighted by atomic mass is 10.1. The van der Waals surface area contributed by atoms with Crippen LogP contribution in [0.4, 0.5) is 0 Å². The zero-order valence-electron chi connectivity index (χ0n) is 12.3. The van der Waals surface area contributed by atoms with Crippen molar-refractivity contribution in [1.82, 2.24) is 10.2 Å². The average Bonchev–Trinajstić information content (AvgIpc) is 2.73. The van der Waals surface area contributed by atoms with Crippen LogP contribution in [0.3, 0.4) is 0 Å². The third-order valence-corrected chi connectivity index (χ3v) is 4.92. The number of rotatable bonds is 3. The summed E-state index contributed by atoms with van der Waals surface area (Å²) in [5.41, 5.74) is 0.882. The second-order valence-corrected chi connectivity index (χ2v) is 6.24.